The molecule has 1 aliphatic heterocycles. The fourth-order valence-electron chi connectivity index (χ4n) is 2.73. The summed E-state index contributed by atoms with van der Waals surface area (Å²) in [5.41, 5.74) is -0.470. The number of carbonyl (C=O) groups excluding carboxylic acids is 1. The Bertz CT molecular complexity index is 298. The lowest BCUT2D eigenvalue weighted by Crippen LogP contribution is -2.53. The first kappa shape index (κ1) is 16.3. The molecule has 1 heterocycles. The second kappa shape index (κ2) is 6.60. The number of hydrogen-bond acceptors (Lipinski definition) is 3. The summed E-state index contributed by atoms with van der Waals surface area (Å²) in [5.74, 6) is 0. The molecule has 1 aliphatic rings. The molecule has 0 aromatic heterocycles. The number of piperidine rings is 1. The van der Waals surface area contributed by atoms with Gasteiger partial charge >= 0.3 is 6.09 Å². The molecule has 0 spiro atoms. The van der Waals surface area contributed by atoms with Crippen LogP contribution in [-0.4, -0.2) is 39.9 Å². The number of likely N-dealkylation sites (tertiary alicyclic amines) is 1. The quantitative estimate of drug-likeness (QED) is 0.856. The fourth-order valence-corrected chi connectivity index (χ4v) is 2.73. The Hall–Kier alpha value is -0.770. The minimum Gasteiger partial charge on any atom is -0.444 e. The number of aliphatic hydroxyl groups excluding tert-OH is 1. The highest BCUT2D eigenvalue weighted by Crippen LogP contribution is 2.28. The van der Waals surface area contributed by atoms with Gasteiger partial charge in [0.2, 0.25) is 0 Å². The SMILES string of the molecule is CCCCC1CC(O)CC(C)N1C(=O)OC(C)(C)C. The summed E-state index contributed by atoms with van der Waals surface area (Å²) in [6.45, 7) is 9.78. The Morgan fingerprint density at radius 3 is 2.53 bits per heavy atom. The molecule has 3 unspecified atom stereocenters. The van der Waals surface area contributed by atoms with Crippen LogP contribution in [0, 0.1) is 0 Å². The summed E-state index contributed by atoms with van der Waals surface area (Å²) >= 11 is 0. The van der Waals surface area contributed by atoms with Gasteiger partial charge in [0.15, 0.2) is 0 Å². The molecule has 3 atom stereocenters. The van der Waals surface area contributed by atoms with Crippen molar-refractivity contribution >= 4 is 6.09 Å². The van der Waals surface area contributed by atoms with Crippen LogP contribution in [0.3, 0.4) is 0 Å². The highest BCUT2D eigenvalue weighted by molar-refractivity contribution is 5.69. The van der Waals surface area contributed by atoms with Crippen molar-refractivity contribution in [2.75, 3.05) is 0 Å². The number of unbranched alkanes of at least 4 members (excludes halogenated alkanes) is 1. The summed E-state index contributed by atoms with van der Waals surface area (Å²) < 4.78 is 5.50. The first-order valence-corrected chi connectivity index (χ1v) is 7.44. The minimum absolute atomic E-state index is 0.0421. The monoisotopic (exact) mass is 271 g/mol. The van der Waals surface area contributed by atoms with Crippen LogP contribution in [0.5, 0.6) is 0 Å². The van der Waals surface area contributed by atoms with Gasteiger partial charge in [-0.05, 0) is 47.0 Å². The molecule has 19 heavy (non-hydrogen) atoms. The van der Waals surface area contributed by atoms with Crippen molar-refractivity contribution in [1.29, 1.82) is 0 Å². The van der Waals surface area contributed by atoms with Crippen LogP contribution in [0.4, 0.5) is 4.79 Å². The Kier molecular flexibility index (Phi) is 5.65. The van der Waals surface area contributed by atoms with Crippen LogP contribution in [0.25, 0.3) is 0 Å². The zero-order valence-electron chi connectivity index (χ0n) is 13.0. The number of hydrogen-bond donors (Lipinski definition) is 1. The van der Waals surface area contributed by atoms with Gasteiger partial charge in [-0.3, -0.25) is 0 Å². The smallest absolute Gasteiger partial charge is 0.410 e. The molecule has 0 radical (unpaired) electrons. The van der Waals surface area contributed by atoms with E-state index in [0.29, 0.717) is 12.8 Å². The molecule has 4 nitrogen and oxygen atoms in total. The summed E-state index contributed by atoms with van der Waals surface area (Å²) in [4.78, 5) is 14.2. The van der Waals surface area contributed by atoms with Gasteiger partial charge in [-0.1, -0.05) is 19.8 Å². The Morgan fingerprint density at radius 2 is 2.00 bits per heavy atom. The second-order valence-corrected chi connectivity index (χ2v) is 6.66. The van der Waals surface area contributed by atoms with Crippen LogP contribution in [-0.2, 0) is 4.74 Å². The highest BCUT2D eigenvalue weighted by Gasteiger charge is 2.37. The minimum atomic E-state index is -0.470. The first-order chi connectivity index (χ1) is 8.74. The van der Waals surface area contributed by atoms with Gasteiger partial charge in [0.25, 0.3) is 0 Å². The maximum absolute atomic E-state index is 12.3. The summed E-state index contributed by atoms with van der Waals surface area (Å²) in [6.07, 6.45) is 3.89. The first-order valence-electron chi connectivity index (χ1n) is 7.44. The number of carbonyl (C=O) groups is 1. The zero-order valence-corrected chi connectivity index (χ0v) is 13.0. The normalized spacial score (nSPS) is 28.3. The van der Waals surface area contributed by atoms with Gasteiger partial charge in [0.05, 0.1) is 6.10 Å². The topological polar surface area (TPSA) is 49.8 Å². The Balaban J connectivity index is 2.75. The molecular weight excluding hydrogens is 242 g/mol. The lowest BCUT2D eigenvalue weighted by molar-refractivity contribution is -0.0280. The van der Waals surface area contributed by atoms with E-state index in [1.807, 2.05) is 32.6 Å². The van der Waals surface area contributed by atoms with Gasteiger partial charge in [0, 0.05) is 12.1 Å². The molecule has 112 valence electrons. The molecule has 1 saturated heterocycles. The number of amides is 1. The Labute approximate surface area is 117 Å². The molecule has 4 heteroatoms. The largest absolute Gasteiger partial charge is 0.444 e. The number of aliphatic hydroxyl groups is 1. The van der Waals surface area contributed by atoms with Crippen molar-refractivity contribution in [3.63, 3.8) is 0 Å². The third kappa shape index (κ3) is 5.01. The maximum atomic E-state index is 12.3. The van der Waals surface area contributed by atoms with E-state index in [1.54, 1.807) is 0 Å². The Morgan fingerprint density at radius 1 is 1.37 bits per heavy atom. The van der Waals surface area contributed by atoms with Crippen molar-refractivity contribution in [1.82, 2.24) is 4.90 Å². The van der Waals surface area contributed by atoms with E-state index in [-0.39, 0.29) is 24.3 Å². The molecular formula is C15H29NO3. The van der Waals surface area contributed by atoms with E-state index in [1.165, 1.54) is 0 Å². The number of ether oxygens (including phenoxy) is 1. The van der Waals surface area contributed by atoms with Crippen LogP contribution in [0.1, 0.15) is 66.7 Å². The number of rotatable bonds is 3. The van der Waals surface area contributed by atoms with Crippen LogP contribution in [0.2, 0.25) is 0 Å². The molecule has 0 aromatic carbocycles. The van der Waals surface area contributed by atoms with E-state index in [9.17, 15) is 9.90 Å². The predicted octanol–water partition coefficient (Wildman–Crippen LogP) is 3.33. The van der Waals surface area contributed by atoms with Crippen molar-refractivity contribution in [2.45, 2.75) is 90.5 Å². The van der Waals surface area contributed by atoms with E-state index < -0.39 is 5.60 Å². The molecule has 1 N–H and O–H groups in total. The van der Waals surface area contributed by atoms with Crippen LogP contribution in [0.15, 0.2) is 0 Å². The van der Waals surface area contributed by atoms with Crippen molar-refractivity contribution in [2.24, 2.45) is 0 Å². The lowest BCUT2D eigenvalue weighted by Gasteiger charge is -2.43. The maximum Gasteiger partial charge on any atom is 0.410 e. The molecule has 0 aromatic rings. The van der Waals surface area contributed by atoms with Crippen LogP contribution < -0.4 is 0 Å². The van der Waals surface area contributed by atoms with Crippen molar-refractivity contribution in [3.8, 4) is 0 Å². The zero-order chi connectivity index (χ0) is 14.6. The lowest BCUT2D eigenvalue weighted by atomic mass is 9.91. The molecule has 0 aliphatic carbocycles. The molecule has 0 saturated carbocycles. The van der Waals surface area contributed by atoms with Crippen molar-refractivity contribution in [3.05, 3.63) is 0 Å². The van der Waals surface area contributed by atoms with E-state index in [2.05, 4.69) is 6.92 Å². The molecule has 1 amide bonds. The van der Waals surface area contributed by atoms with E-state index >= 15 is 0 Å². The standard InChI is InChI=1S/C15H29NO3/c1-6-7-8-12-10-13(17)9-11(2)16(12)14(18)19-15(3,4)5/h11-13,17H,6-10H2,1-5H3. The summed E-state index contributed by atoms with van der Waals surface area (Å²) in [6, 6.07) is 0.147. The van der Waals surface area contributed by atoms with Crippen molar-refractivity contribution < 1.29 is 14.6 Å². The second-order valence-electron chi connectivity index (χ2n) is 6.66. The third-order valence-corrected chi connectivity index (χ3v) is 3.52. The average Bonchev–Trinajstić information content (AvgIpc) is 2.22. The fraction of sp³-hybridized carbons (Fsp3) is 0.933. The van der Waals surface area contributed by atoms with Gasteiger partial charge < -0.3 is 14.7 Å². The highest BCUT2D eigenvalue weighted by atomic mass is 16.6. The van der Waals surface area contributed by atoms with Gasteiger partial charge in [-0.2, -0.15) is 0 Å². The predicted molar refractivity (Wildman–Crippen MR) is 76.1 cm³/mol. The number of nitrogens with zero attached hydrogens (tertiary/aromatic N) is 1. The summed E-state index contributed by atoms with van der Waals surface area (Å²) in [5, 5.41) is 9.90. The van der Waals surface area contributed by atoms with Gasteiger partial charge in [-0.15, -0.1) is 0 Å². The van der Waals surface area contributed by atoms with Gasteiger partial charge in [-0.25, -0.2) is 4.79 Å². The van der Waals surface area contributed by atoms with Crippen LogP contribution >= 0.6 is 0 Å². The van der Waals surface area contributed by atoms with E-state index in [0.717, 1.165) is 19.3 Å². The molecule has 0 bridgehead atoms. The molecule has 1 rings (SSSR count). The molecule has 1 fully saturated rings. The third-order valence-electron chi connectivity index (χ3n) is 3.52. The summed E-state index contributed by atoms with van der Waals surface area (Å²) in [7, 11) is 0. The van der Waals surface area contributed by atoms with Gasteiger partial charge in [0.1, 0.15) is 5.60 Å². The average molecular weight is 271 g/mol. The van der Waals surface area contributed by atoms with E-state index in [4.69, 9.17) is 4.74 Å².